The summed E-state index contributed by atoms with van der Waals surface area (Å²) in [7, 11) is 0. The number of pyridine rings is 3. The maximum atomic E-state index is 9.07. The first-order valence-electron chi connectivity index (χ1n) is 25.6. The van der Waals surface area contributed by atoms with Gasteiger partial charge in [-0.2, -0.15) is 0 Å². The summed E-state index contributed by atoms with van der Waals surface area (Å²) in [5.41, 5.74) is 21.5. The van der Waals surface area contributed by atoms with Crippen LogP contribution in [0.4, 0.5) is 0 Å². The van der Waals surface area contributed by atoms with Gasteiger partial charge < -0.3 is 15.0 Å². The van der Waals surface area contributed by atoms with Crippen LogP contribution in [0.5, 0.6) is 0 Å². The SMILES string of the molecule is [2H]C([2H])(c1ccnc(-c2[c-]cc(-c3ccccc3-c3cc(CCc4c[c-]c(-c5ccc(C)cn5)cc4)cc(CCc4c[c-]c(-c5ccc(C)cn5)cc4)c3)c(-c3ccc(-c4ccccc4)cc3)c2)c1)C(C)(C)C.[Ir+3]. The van der Waals surface area contributed by atoms with Crippen molar-refractivity contribution in [1.82, 2.24) is 15.0 Å². The predicted molar refractivity (Wildman–Crippen MR) is 295 cm³/mol. The number of aryl methyl sites for hydroxylation is 6. The first-order chi connectivity index (χ1) is 35.3. The van der Waals surface area contributed by atoms with Crippen molar-refractivity contribution in [3.8, 4) is 78.3 Å². The van der Waals surface area contributed by atoms with Crippen LogP contribution in [0.25, 0.3) is 78.3 Å². The van der Waals surface area contributed by atoms with Crippen LogP contribution in [-0.2, 0) is 52.2 Å². The van der Waals surface area contributed by atoms with Crippen LogP contribution in [0.2, 0.25) is 0 Å². The molecule has 0 saturated heterocycles. The van der Waals surface area contributed by atoms with Crippen LogP contribution in [0.3, 0.4) is 0 Å². The molecule has 0 saturated carbocycles. The molecule has 10 aromatic rings. The summed E-state index contributed by atoms with van der Waals surface area (Å²) in [6.45, 7) is 9.92. The first-order valence-corrected chi connectivity index (χ1v) is 24.6. The molecule has 0 spiro atoms. The molecule has 0 atom stereocenters. The van der Waals surface area contributed by atoms with Gasteiger partial charge in [0, 0.05) is 21.3 Å². The first kappa shape index (κ1) is 47.0. The second kappa shape index (κ2) is 22.4. The Morgan fingerprint density at radius 1 is 0.403 bits per heavy atom. The molecular formula is C68H58IrN3. The van der Waals surface area contributed by atoms with E-state index in [0.717, 1.165) is 109 Å². The third-order valence-corrected chi connectivity index (χ3v) is 12.9. The van der Waals surface area contributed by atoms with Gasteiger partial charge in [0.2, 0.25) is 0 Å². The molecule has 7 aromatic carbocycles. The van der Waals surface area contributed by atoms with Crippen molar-refractivity contribution in [2.45, 2.75) is 66.7 Å². The van der Waals surface area contributed by atoms with Gasteiger partial charge in [-0.3, -0.25) is 0 Å². The number of hydrogen-bond donors (Lipinski definition) is 0. The molecule has 10 rings (SSSR count). The number of aromatic nitrogens is 3. The van der Waals surface area contributed by atoms with Crippen molar-refractivity contribution in [2.24, 2.45) is 5.41 Å². The zero-order valence-corrected chi connectivity index (χ0v) is 44.0. The number of benzene rings is 7. The second-order valence-corrected chi connectivity index (χ2v) is 19.7. The van der Waals surface area contributed by atoms with Crippen molar-refractivity contribution < 1.29 is 22.8 Å². The zero-order valence-electron chi connectivity index (χ0n) is 43.6. The van der Waals surface area contributed by atoms with E-state index in [2.05, 4.69) is 206 Å². The monoisotopic (exact) mass is 1110 g/mol. The third-order valence-electron chi connectivity index (χ3n) is 12.9. The van der Waals surface area contributed by atoms with Crippen molar-refractivity contribution in [3.63, 3.8) is 0 Å². The van der Waals surface area contributed by atoms with E-state index in [9.17, 15) is 0 Å². The Balaban J connectivity index is 0.00000672. The standard InChI is InChI=1S/C68H58N3.Ir/c1-47-15-35-65(70-45-47)57-25-21-49(22-26-57)17-19-51-39-52(20-18-50-23-27-58(28-24-50)66-36-16-48(2)46-71-66)41-60(40-51)61-13-9-10-14-62(61)63-34-33-59(67-42-53(37-38-69-67)44-68(3,4)5)43-64(63)56-31-29-55(30-32-56)54-11-7-6-8-12-54;/h6-16,21-25,27,29-32,34-43,45-46H,17-20,44H2,1-5H3;/q-3;+3/i44D2;. The van der Waals surface area contributed by atoms with E-state index in [4.69, 9.17) is 7.73 Å². The molecule has 0 radical (unpaired) electrons. The van der Waals surface area contributed by atoms with Gasteiger partial charge in [-0.1, -0.05) is 183 Å². The molecular weight excluding hydrogens is 1050 g/mol. The van der Waals surface area contributed by atoms with E-state index >= 15 is 0 Å². The number of hydrogen-bond acceptors (Lipinski definition) is 3. The van der Waals surface area contributed by atoms with Gasteiger partial charge in [-0.25, -0.2) is 0 Å². The molecule has 0 amide bonds. The van der Waals surface area contributed by atoms with E-state index in [1.54, 1.807) is 12.3 Å². The summed E-state index contributed by atoms with van der Waals surface area (Å²) < 4.78 is 18.1. The minimum atomic E-state index is -1.57. The van der Waals surface area contributed by atoms with Crippen molar-refractivity contribution in [2.75, 3.05) is 0 Å². The van der Waals surface area contributed by atoms with Gasteiger partial charge in [-0.15, -0.1) is 94.5 Å². The van der Waals surface area contributed by atoms with E-state index < -0.39 is 11.8 Å². The Labute approximate surface area is 443 Å². The summed E-state index contributed by atoms with van der Waals surface area (Å²) >= 11 is 0. The van der Waals surface area contributed by atoms with E-state index in [0.29, 0.717) is 11.3 Å². The normalized spacial score (nSPS) is 11.9. The Bertz CT molecular complexity index is 3380. The van der Waals surface area contributed by atoms with Crippen molar-refractivity contribution >= 4 is 0 Å². The molecule has 0 N–H and O–H groups in total. The molecule has 0 aliphatic heterocycles. The third kappa shape index (κ3) is 12.2. The van der Waals surface area contributed by atoms with Gasteiger partial charge in [0.15, 0.2) is 0 Å². The molecule has 0 unspecified atom stereocenters. The van der Waals surface area contributed by atoms with Crippen LogP contribution >= 0.6 is 0 Å². The van der Waals surface area contributed by atoms with Gasteiger partial charge in [-0.05, 0) is 112 Å². The Kier molecular flexibility index (Phi) is 14.6. The van der Waals surface area contributed by atoms with Crippen LogP contribution in [0.15, 0.2) is 201 Å². The smallest absolute Gasteiger partial charge is 0.305 e. The molecule has 0 aliphatic rings. The number of rotatable bonds is 14. The molecule has 0 aliphatic carbocycles. The minimum Gasteiger partial charge on any atom is -0.305 e. The van der Waals surface area contributed by atoms with Gasteiger partial charge in [0.25, 0.3) is 0 Å². The van der Waals surface area contributed by atoms with Crippen molar-refractivity contribution in [1.29, 1.82) is 0 Å². The second-order valence-electron chi connectivity index (χ2n) is 19.7. The van der Waals surface area contributed by atoms with Crippen LogP contribution < -0.4 is 0 Å². The predicted octanol–water partition coefficient (Wildman–Crippen LogP) is 16.7. The summed E-state index contributed by atoms with van der Waals surface area (Å²) in [5, 5.41) is 0. The largest absolute Gasteiger partial charge is 3.00 e. The Morgan fingerprint density at radius 3 is 1.50 bits per heavy atom. The molecule has 354 valence electrons. The summed E-state index contributed by atoms with van der Waals surface area (Å²) in [5.74, 6) is 0. The fourth-order valence-corrected chi connectivity index (χ4v) is 9.21. The average molecular weight is 1110 g/mol. The van der Waals surface area contributed by atoms with E-state index in [1.165, 1.54) is 22.3 Å². The van der Waals surface area contributed by atoms with Crippen LogP contribution in [0.1, 0.15) is 62.5 Å². The average Bonchev–Trinajstić information content (AvgIpc) is 3.42. The fourth-order valence-electron chi connectivity index (χ4n) is 9.21. The van der Waals surface area contributed by atoms with E-state index in [-0.39, 0.29) is 20.1 Å². The topological polar surface area (TPSA) is 38.7 Å². The molecule has 4 heteroatoms. The summed E-state index contributed by atoms with van der Waals surface area (Å²) in [4.78, 5) is 14.1. The molecule has 72 heavy (non-hydrogen) atoms. The maximum absolute atomic E-state index is 9.07. The molecule has 3 nitrogen and oxygen atoms in total. The van der Waals surface area contributed by atoms with Gasteiger partial charge in [0.1, 0.15) is 0 Å². The molecule has 0 bridgehead atoms. The molecule has 3 heterocycles. The Hall–Kier alpha value is -7.36. The van der Waals surface area contributed by atoms with Gasteiger partial charge in [0.05, 0.1) is 0 Å². The van der Waals surface area contributed by atoms with Crippen molar-refractivity contribution in [3.05, 3.63) is 258 Å². The Morgan fingerprint density at radius 2 is 0.944 bits per heavy atom. The fraction of sp³-hybridized carbons (Fsp3) is 0.162. The number of nitrogens with zero attached hydrogens (tertiary/aromatic N) is 3. The summed E-state index contributed by atoms with van der Waals surface area (Å²) in [6, 6.07) is 74.9. The van der Waals surface area contributed by atoms with Crippen LogP contribution in [-0.4, -0.2) is 15.0 Å². The molecule has 0 fully saturated rings. The van der Waals surface area contributed by atoms with E-state index in [1.807, 2.05) is 45.3 Å². The maximum Gasteiger partial charge on any atom is 3.00 e. The quantitative estimate of drug-likeness (QED) is 0.102. The zero-order chi connectivity index (χ0) is 50.5. The summed E-state index contributed by atoms with van der Waals surface area (Å²) in [6.07, 6.45) is 7.44. The minimum absolute atomic E-state index is 0. The van der Waals surface area contributed by atoms with Gasteiger partial charge >= 0.3 is 20.1 Å². The van der Waals surface area contributed by atoms with Crippen LogP contribution in [0, 0.1) is 37.5 Å². The molecule has 3 aromatic heterocycles.